The second kappa shape index (κ2) is 32.7. The van der Waals surface area contributed by atoms with Crippen LogP contribution in [0.1, 0.15) is 69.8 Å². The second-order valence-electron chi connectivity index (χ2n) is 17.5. The highest BCUT2D eigenvalue weighted by atomic mass is 16.6. The van der Waals surface area contributed by atoms with Crippen LogP contribution in [0.3, 0.4) is 0 Å². The second-order valence-corrected chi connectivity index (χ2v) is 17.5. The van der Waals surface area contributed by atoms with E-state index in [1.54, 1.807) is 62.0 Å². The summed E-state index contributed by atoms with van der Waals surface area (Å²) in [5.41, 5.74) is 6.83. The molecule has 0 radical (unpaired) electrons. The van der Waals surface area contributed by atoms with Gasteiger partial charge in [0.2, 0.25) is 12.6 Å². The molecule has 0 fully saturated rings. The molecule has 4 aliphatic carbocycles. The Balaban J connectivity index is 0.973. The average Bonchev–Trinajstić information content (AvgIpc) is 3.43. The molecule has 0 aliphatic heterocycles. The fourth-order valence-electron chi connectivity index (χ4n) is 7.44. The van der Waals surface area contributed by atoms with Gasteiger partial charge in [0.25, 0.3) is 0 Å². The number of ether oxygens (including phenoxy) is 9. The smallest absolute Gasteiger partial charge is 0.330 e. The van der Waals surface area contributed by atoms with Crippen molar-refractivity contribution >= 4 is 42.5 Å². The van der Waals surface area contributed by atoms with E-state index in [9.17, 15) is 39.6 Å². The predicted molar refractivity (Wildman–Crippen MR) is 283 cm³/mol. The summed E-state index contributed by atoms with van der Waals surface area (Å²) in [5, 5.41) is 55.0. The van der Waals surface area contributed by atoms with Gasteiger partial charge in [-0.3, -0.25) is 9.59 Å². The summed E-state index contributed by atoms with van der Waals surface area (Å²) in [6, 6.07) is 3.29. The molecule has 0 saturated carbocycles. The maximum absolute atomic E-state index is 12.2. The van der Waals surface area contributed by atoms with Gasteiger partial charge in [0, 0.05) is 67.9 Å². The number of hydrogen-bond donors (Lipinski definition) is 5. The molecule has 0 amide bonds. The van der Waals surface area contributed by atoms with E-state index in [0.717, 1.165) is 23.3 Å². The molecule has 6 atom stereocenters. The first-order chi connectivity index (χ1) is 37.2. The minimum absolute atomic E-state index is 0.00878. The summed E-state index contributed by atoms with van der Waals surface area (Å²) in [4.78, 5) is 46.1. The van der Waals surface area contributed by atoms with Crippen molar-refractivity contribution in [3.8, 4) is 17.2 Å². The molecule has 5 rings (SSSR count). The van der Waals surface area contributed by atoms with Crippen LogP contribution in [0.5, 0.6) is 17.2 Å². The molecule has 0 spiro atoms. The molecule has 5 N–H and O–H groups in total. The first-order valence-electron chi connectivity index (χ1n) is 25.1. The number of allylic oxidation sites excluding steroid dienone is 11. The number of carbonyl (C=O) groups excluding carboxylic acids is 4. The lowest BCUT2D eigenvalue weighted by atomic mass is 9.96. The van der Waals surface area contributed by atoms with E-state index in [1.807, 2.05) is 36.5 Å². The monoisotopic (exact) mass is 1070 g/mol. The summed E-state index contributed by atoms with van der Waals surface area (Å²) in [6.07, 6.45) is 23.9. The molecule has 414 valence electrons. The van der Waals surface area contributed by atoms with Crippen LogP contribution >= 0.6 is 0 Å². The van der Waals surface area contributed by atoms with Gasteiger partial charge in [-0.15, -0.1) is 0 Å². The van der Waals surface area contributed by atoms with E-state index in [0.29, 0.717) is 90.5 Å². The summed E-state index contributed by atoms with van der Waals surface area (Å²) in [7, 11) is 1.48. The van der Waals surface area contributed by atoms with Gasteiger partial charge >= 0.3 is 23.9 Å². The number of carbonyl (C=O) groups is 4. The number of hydrazone groups is 1. The highest BCUT2D eigenvalue weighted by molar-refractivity contribution is 5.82. The zero-order chi connectivity index (χ0) is 55.4. The summed E-state index contributed by atoms with van der Waals surface area (Å²) < 4.78 is 48.0. The molecule has 21 nitrogen and oxygen atoms in total. The molecular weight excluding hydrogens is 1000 g/mol. The van der Waals surface area contributed by atoms with Crippen molar-refractivity contribution in [2.24, 2.45) is 27.1 Å². The third-order valence-electron chi connectivity index (χ3n) is 11.7. The van der Waals surface area contributed by atoms with E-state index in [2.05, 4.69) is 33.9 Å². The Morgan fingerprint density at radius 1 is 0.740 bits per heavy atom. The Hall–Kier alpha value is -7.69. The van der Waals surface area contributed by atoms with Crippen LogP contribution in [0.4, 0.5) is 0 Å². The van der Waals surface area contributed by atoms with Gasteiger partial charge in [0.05, 0.1) is 38.5 Å². The number of esters is 4. The van der Waals surface area contributed by atoms with E-state index < -0.39 is 49.0 Å². The van der Waals surface area contributed by atoms with Crippen molar-refractivity contribution in [3.05, 3.63) is 138 Å². The molecule has 77 heavy (non-hydrogen) atoms. The van der Waals surface area contributed by atoms with Crippen LogP contribution in [0, 0.1) is 18.8 Å². The van der Waals surface area contributed by atoms with Gasteiger partial charge < -0.3 is 68.5 Å². The lowest BCUT2D eigenvalue weighted by Crippen LogP contribution is -2.22. The van der Waals surface area contributed by atoms with Crippen LogP contribution in [0.2, 0.25) is 0 Å². The van der Waals surface area contributed by atoms with E-state index >= 15 is 0 Å². The lowest BCUT2D eigenvalue weighted by Gasteiger charge is -2.23. The molecule has 0 aromatic heterocycles. The van der Waals surface area contributed by atoms with Crippen molar-refractivity contribution in [1.82, 2.24) is 5.43 Å². The normalized spacial score (nSPS) is 18.8. The fraction of sp³-hybridized carbons (Fsp3) is 0.411. The Labute approximate surface area is 447 Å². The Kier molecular flexibility index (Phi) is 25.5. The van der Waals surface area contributed by atoms with Crippen molar-refractivity contribution in [2.75, 3.05) is 40.1 Å². The predicted octanol–water partition coefficient (Wildman–Crippen LogP) is 6.02. The van der Waals surface area contributed by atoms with Gasteiger partial charge in [-0.05, 0) is 91.5 Å². The van der Waals surface area contributed by atoms with Crippen LogP contribution in [-0.2, 0) is 47.6 Å². The summed E-state index contributed by atoms with van der Waals surface area (Å²) in [6.45, 7) is 8.67. The minimum Gasteiger partial charge on any atom is -0.493 e. The van der Waals surface area contributed by atoms with Gasteiger partial charge in [-0.1, -0.05) is 55.7 Å². The first-order valence-corrected chi connectivity index (χ1v) is 25.1. The number of rotatable bonds is 32. The van der Waals surface area contributed by atoms with Gasteiger partial charge in [-0.2, -0.15) is 15.3 Å². The topological polar surface area (TPSA) is 281 Å². The SMILES string of the molecule is C=CC(=O)OCCOC(=O)CCC(=O)OC1=CCC(/C=N/N=C/C2=CC=C(C(O)Oc3c(C)cc(OC(O)C4=CCC(CN/N=C/C5=CC=C(OC(O)CCC(O)OCCOC(=O)C=C)CC5)C=C4)cc3OC)CC2)C=C1. The Morgan fingerprint density at radius 2 is 1.45 bits per heavy atom. The summed E-state index contributed by atoms with van der Waals surface area (Å²) in [5.74, 6) is -0.389. The Morgan fingerprint density at radius 3 is 2.13 bits per heavy atom. The van der Waals surface area contributed by atoms with Crippen LogP contribution in [0.15, 0.2) is 147 Å². The van der Waals surface area contributed by atoms with Crippen LogP contribution in [-0.4, -0.2) is 128 Å². The molecule has 6 unspecified atom stereocenters. The third kappa shape index (κ3) is 22.2. The number of aliphatic hydroxyl groups is 4. The van der Waals surface area contributed by atoms with Gasteiger partial charge in [0.1, 0.15) is 31.3 Å². The van der Waals surface area contributed by atoms with Crippen molar-refractivity contribution < 1.29 is 82.2 Å². The van der Waals surface area contributed by atoms with E-state index in [1.165, 1.54) is 7.11 Å². The molecule has 0 heterocycles. The van der Waals surface area contributed by atoms with E-state index in [-0.39, 0.29) is 63.9 Å². The number of nitrogens with zero attached hydrogens (tertiary/aromatic N) is 3. The Bertz CT molecular complexity index is 2570. The molecule has 0 bridgehead atoms. The zero-order valence-corrected chi connectivity index (χ0v) is 43.2. The average molecular weight is 1070 g/mol. The van der Waals surface area contributed by atoms with Crippen molar-refractivity contribution in [3.63, 3.8) is 0 Å². The molecule has 0 saturated heterocycles. The fourth-order valence-corrected chi connectivity index (χ4v) is 7.44. The van der Waals surface area contributed by atoms with Gasteiger partial charge in [0.15, 0.2) is 24.1 Å². The van der Waals surface area contributed by atoms with E-state index in [4.69, 9.17) is 42.6 Å². The number of nitrogens with one attached hydrogen (secondary N) is 1. The number of methoxy groups -OCH3 is 1. The highest BCUT2D eigenvalue weighted by Gasteiger charge is 2.23. The maximum Gasteiger partial charge on any atom is 0.330 e. The zero-order valence-electron chi connectivity index (χ0n) is 43.2. The molecule has 4 aliphatic rings. The quantitative estimate of drug-likeness (QED) is 0.0105. The maximum atomic E-state index is 12.2. The molecule has 1 aromatic rings. The molecule has 1 aromatic carbocycles. The minimum atomic E-state index is -1.26. The molecular formula is C56H68N4O17. The first kappa shape index (κ1) is 60.2. The standard InChI is InChI=1S/C56H68N4O17/c1-5-48(61)70-27-29-72-50(63)23-25-52(65)74-44-19-11-40(12-20-44)35-59-57-33-38-7-15-42(16-8-38)55(67)76-46-31-37(3)54(47(32-46)69-4)77-56(68)43-17-9-39(10-18-43)34-58-60-36-41-13-21-45(22-14-41)75-53(66)26-24-51(64)73-30-28-71-49(62)6-2/h5-7,9,11,13,15-17,19,21-22,31-32,34-36,38,41,50,52,55-57,63,65,67-68H,1-2,8,10,12,14,18,20,23-30,33H2,3-4H3/b58-34+,59-35+,60-36+. The number of aryl methyl sites for hydroxylation is 1. The van der Waals surface area contributed by atoms with Crippen LogP contribution in [0.25, 0.3) is 0 Å². The van der Waals surface area contributed by atoms with Crippen molar-refractivity contribution in [2.45, 2.75) is 96.3 Å². The number of aliphatic hydroxyl groups excluding tert-OH is 4. The van der Waals surface area contributed by atoms with Crippen molar-refractivity contribution in [1.29, 1.82) is 0 Å². The number of hydrogen-bond acceptors (Lipinski definition) is 21. The van der Waals surface area contributed by atoms with Crippen LogP contribution < -0.4 is 19.6 Å². The lowest BCUT2D eigenvalue weighted by molar-refractivity contribution is -0.151. The summed E-state index contributed by atoms with van der Waals surface area (Å²) >= 11 is 0. The third-order valence-corrected chi connectivity index (χ3v) is 11.7. The van der Waals surface area contributed by atoms with Gasteiger partial charge in [-0.25, -0.2) is 9.59 Å². The highest BCUT2D eigenvalue weighted by Crippen LogP contribution is 2.38. The molecule has 21 heteroatoms. The number of benzene rings is 1. The largest absolute Gasteiger partial charge is 0.493 e.